The highest BCUT2D eigenvalue weighted by Crippen LogP contribution is 2.66. The number of hydrogen-bond acceptors (Lipinski definition) is 3. The second kappa shape index (κ2) is 7.48. The average molecular weight is 401 g/mol. The van der Waals surface area contributed by atoms with Gasteiger partial charge in [0.1, 0.15) is 5.78 Å². The van der Waals surface area contributed by atoms with Crippen LogP contribution >= 0.6 is 0 Å². The maximum atomic E-state index is 12.3. The number of rotatable bonds is 3. The van der Waals surface area contributed by atoms with Gasteiger partial charge in [-0.3, -0.25) is 4.79 Å². The van der Waals surface area contributed by atoms with Crippen LogP contribution in [0.2, 0.25) is 0 Å². The molecule has 3 saturated carbocycles. The molecule has 5 rings (SSSR count). The Kier molecular flexibility index (Phi) is 5.22. The van der Waals surface area contributed by atoms with Crippen LogP contribution in [-0.4, -0.2) is 24.8 Å². The fourth-order valence-electron chi connectivity index (χ4n) is 8.44. The summed E-state index contributed by atoms with van der Waals surface area (Å²) >= 11 is 0. The van der Waals surface area contributed by atoms with Crippen molar-refractivity contribution in [1.29, 1.82) is 0 Å². The van der Waals surface area contributed by atoms with E-state index in [1.165, 1.54) is 51.4 Å². The molecule has 0 bridgehead atoms. The standard InChI is InChI=1S/C26H40O3/c1-17(27)21-9-10-22-20-8-7-18-16-19(29-24-6-4-5-15-28-24)11-13-25(18,2)23(20)12-14-26(21,22)3/h7,19-24H,4-6,8-16H2,1-3H3/t19-,20?,21?,22?,23?,24+,25-,26+/m0/s1. The average Bonchev–Trinajstić information content (AvgIpc) is 3.06. The van der Waals surface area contributed by atoms with Crippen LogP contribution in [0.3, 0.4) is 0 Å². The zero-order valence-corrected chi connectivity index (χ0v) is 18.8. The summed E-state index contributed by atoms with van der Waals surface area (Å²) in [4.78, 5) is 12.3. The van der Waals surface area contributed by atoms with Gasteiger partial charge >= 0.3 is 0 Å². The van der Waals surface area contributed by atoms with Crippen molar-refractivity contribution in [3.8, 4) is 0 Å². The van der Waals surface area contributed by atoms with Crippen LogP contribution in [0.25, 0.3) is 0 Å². The fourth-order valence-corrected chi connectivity index (χ4v) is 8.44. The molecule has 3 nitrogen and oxygen atoms in total. The maximum Gasteiger partial charge on any atom is 0.157 e. The number of fused-ring (bicyclic) bond motifs is 5. The molecule has 3 heteroatoms. The van der Waals surface area contributed by atoms with Crippen molar-refractivity contribution in [2.75, 3.05) is 6.61 Å². The molecule has 0 spiro atoms. The molecule has 4 unspecified atom stereocenters. The van der Waals surface area contributed by atoms with E-state index in [4.69, 9.17) is 9.47 Å². The summed E-state index contributed by atoms with van der Waals surface area (Å²) in [6.07, 6.45) is 16.2. The zero-order valence-electron chi connectivity index (χ0n) is 18.8. The van der Waals surface area contributed by atoms with E-state index in [0.29, 0.717) is 23.2 Å². The van der Waals surface area contributed by atoms with Crippen LogP contribution in [0.1, 0.15) is 91.4 Å². The van der Waals surface area contributed by atoms with Gasteiger partial charge < -0.3 is 9.47 Å². The molecule has 29 heavy (non-hydrogen) atoms. The lowest BCUT2D eigenvalue weighted by Crippen LogP contribution is -2.51. The van der Waals surface area contributed by atoms with Gasteiger partial charge in [-0.05, 0) is 106 Å². The van der Waals surface area contributed by atoms with Crippen molar-refractivity contribution in [2.24, 2.45) is 34.5 Å². The fraction of sp³-hybridized carbons (Fsp3) is 0.885. The minimum absolute atomic E-state index is 0.0347. The van der Waals surface area contributed by atoms with Gasteiger partial charge in [-0.1, -0.05) is 25.5 Å². The Balaban J connectivity index is 1.32. The van der Waals surface area contributed by atoms with Crippen LogP contribution in [-0.2, 0) is 14.3 Å². The van der Waals surface area contributed by atoms with Gasteiger partial charge in [0, 0.05) is 12.5 Å². The van der Waals surface area contributed by atoms with E-state index in [1.54, 1.807) is 5.57 Å². The minimum Gasteiger partial charge on any atom is -0.353 e. The van der Waals surface area contributed by atoms with Gasteiger partial charge in [-0.15, -0.1) is 0 Å². The molecule has 1 aliphatic heterocycles. The highest BCUT2D eigenvalue weighted by atomic mass is 16.7. The molecular formula is C26H40O3. The quantitative estimate of drug-likeness (QED) is 0.540. The molecule has 0 aromatic carbocycles. The molecule has 1 heterocycles. The predicted octanol–water partition coefficient (Wildman–Crippen LogP) is 6.07. The van der Waals surface area contributed by atoms with Crippen LogP contribution in [0, 0.1) is 34.5 Å². The molecule has 4 fully saturated rings. The molecule has 162 valence electrons. The van der Waals surface area contributed by atoms with Crippen molar-refractivity contribution in [3.63, 3.8) is 0 Å². The maximum absolute atomic E-state index is 12.3. The monoisotopic (exact) mass is 400 g/mol. The molecule has 0 aromatic heterocycles. The smallest absolute Gasteiger partial charge is 0.157 e. The van der Waals surface area contributed by atoms with Crippen LogP contribution in [0.15, 0.2) is 11.6 Å². The van der Waals surface area contributed by atoms with Gasteiger partial charge in [0.15, 0.2) is 6.29 Å². The third kappa shape index (κ3) is 3.26. The first-order valence-corrected chi connectivity index (χ1v) is 12.4. The van der Waals surface area contributed by atoms with E-state index in [2.05, 4.69) is 19.9 Å². The topological polar surface area (TPSA) is 35.5 Å². The van der Waals surface area contributed by atoms with Crippen LogP contribution in [0.4, 0.5) is 0 Å². The van der Waals surface area contributed by atoms with E-state index in [0.717, 1.165) is 43.6 Å². The third-order valence-corrected chi connectivity index (χ3v) is 10.0. The van der Waals surface area contributed by atoms with Crippen molar-refractivity contribution in [1.82, 2.24) is 0 Å². The summed E-state index contributed by atoms with van der Waals surface area (Å²) in [6, 6.07) is 0. The molecular weight excluding hydrogens is 360 g/mol. The SMILES string of the molecule is CC(=O)C1CCC2C3CC=C4C[C@@H](O[C@@H]5CCCCO5)CC[C@]4(C)C3CC[C@]12C. The van der Waals surface area contributed by atoms with Crippen LogP contribution in [0.5, 0.6) is 0 Å². The van der Waals surface area contributed by atoms with Gasteiger partial charge in [0.05, 0.1) is 6.10 Å². The first kappa shape index (κ1) is 20.2. The summed E-state index contributed by atoms with van der Waals surface area (Å²) in [5, 5.41) is 0. The highest BCUT2D eigenvalue weighted by Gasteiger charge is 2.59. The predicted molar refractivity (Wildman–Crippen MR) is 114 cm³/mol. The second-order valence-corrected chi connectivity index (χ2v) is 11.3. The second-order valence-electron chi connectivity index (χ2n) is 11.3. The molecule has 4 aliphatic carbocycles. The number of ketones is 1. The van der Waals surface area contributed by atoms with Gasteiger partial charge in [-0.25, -0.2) is 0 Å². The Hall–Kier alpha value is -0.670. The molecule has 1 saturated heterocycles. The number of carbonyl (C=O) groups excluding carboxylic acids is 1. The Morgan fingerprint density at radius 2 is 1.93 bits per heavy atom. The number of hydrogen-bond donors (Lipinski definition) is 0. The normalized spacial score (nSPS) is 49.6. The molecule has 0 N–H and O–H groups in total. The number of ether oxygens (including phenoxy) is 2. The lowest BCUT2D eigenvalue weighted by Gasteiger charge is -2.58. The summed E-state index contributed by atoms with van der Waals surface area (Å²) in [6.45, 7) is 7.71. The minimum atomic E-state index is 0.0347. The van der Waals surface area contributed by atoms with Gasteiger partial charge in [0.25, 0.3) is 0 Å². The van der Waals surface area contributed by atoms with Crippen molar-refractivity contribution >= 4 is 5.78 Å². The first-order valence-electron chi connectivity index (χ1n) is 12.4. The lowest BCUT2D eigenvalue weighted by molar-refractivity contribution is -0.195. The zero-order chi connectivity index (χ0) is 20.2. The largest absolute Gasteiger partial charge is 0.353 e. The van der Waals surface area contributed by atoms with Gasteiger partial charge in [0.2, 0.25) is 0 Å². The lowest BCUT2D eigenvalue weighted by atomic mass is 9.47. The third-order valence-electron chi connectivity index (χ3n) is 10.0. The van der Waals surface area contributed by atoms with E-state index in [-0.39, 0.29) is 11.7 Å². The van der Waals surface area contributed by atoms with Crippen LogP contribution < -0.4 is 0 Å². The number of carbonyl (C=O) groups is 1. The van der Waals surface area contributed by atoms with Gasteiger partial charge in [-0.2, -0.15) is 0 Å². The van der Waals surface area contributed by atoms with E-state index in [1.807, 2.05) is 6.92 Å². The molecule has 0 amide bonds. The molecule has 5 aliphatic rings. The molecule has 8 atom stereocenters. The summed E-state index contributed by atoms with van der Waals surface area (Å²) < 4.78 is 12.2. The first-order chi connectivity index (χ1) is 13.9. The highest BCUT2D eigenvalue weighted by molar-refractivity contribution is 5.79. The number of allylic oxidation sites excluding steroid dienone is 1. The molecule has 0 aromatic rings. The summed E-state index contributed by atoms with van der Waals surface area (Å²) in [5.74, 6) is 3.08. The Bertz CT molecular complexity index is 677. The number of Topliss-reactive ketones (excluding diaryl/α,β-unsaturated/α-hetero) is 1. The van der Waals surface area contributed by atoms with E-state index < -0.39 is 0 Å². The summed E-state index contributed by atoms with van der Waals surface area (Å²) in [7, 11) is 0. The van der Waals surface area contributed by atoms with E-state index >= 15 is 0 Å². The van der Waals surface area contributed by atoms with E-state index in [9.17, 15) is 4.79 Å². The van der Waals surface area contributed by atoms with Crippen molar-refractivity contribution in [2.45, 2.75) is 104 Å². The Morgan fingerprint density at radius 3 is 2.69 bits per heavy atom. The van der Waals surface area contributed by atoms with Crippen molar-refractivity contribution in [3.05, 3.63) is 11.6 Å². The summed E-state index contributed by atoms with van der Waals surface area (Å²) in [5.41, 5.74) is 2.29. The Morgan fingerprint density at radius 1 is 1.07 bits per heavy atom. The Labute approximate surface area is 177 Å². The van der Waals surface area contributed by atoms with Crippen molar-refractivity contribution < 1.29 is 14.3 Å². The molecule has 0 radical (unpaired) electrons.